The van der Waals surface area contributed by atoms with Crippen molar-refractivity contribution in [2.24, 2.45) is 0 Å². The number of anilines is 1. The minimum Gasteiger partial charge on any atom is -0.492 e. The number of aryl methyl sites for hydroxylation is 1. The topological polar surface area (TPSA) is 39.1 Å². The average molecular weight is 245 g/mol. The average Bonchev–Trinajstić information content (AvgIpc) is 2.85. The Morgan fingerprint density at radius 3 is 2.89 bits per heavy atom. The standard InChI is InChI=1S/C14H19N3O/c1-3-17-10-9-15-14(17)11-16-12-7-5-6-8-13(12)18-4-2/h5-10,16H,3-4,11H2,1-2H3. The van der Waals surface area contributed by atoms with Crippen LogP contribution in [0.4, 0.5) is 5.69 Å². The molecule has 1 N–H and O–H groups in total. The fraction of sp³-hybridized carbons (Fsp3) is 0.357. The van der Waals surface area contributed by atoms with Crippen LogP contribution in [-0.2, 0) is 13.1 Å². The molecule has 96 valence electrons. The Morgan fingerprint density at radius 1 is 1.28 bits per heavy atom. The lowest BCUT2D eigenvalue weighted by Crippen LogP contribution is -2.08. The van der Waals surface area contributed by atoms with Crippen molar-refractivity contribution in [3.8, 4) is 5.75 Å². The number of ether oxygens (including phenoxy) is 1. The second-order valence-electron chi connectivity index (χ2n) is 3.91. The molecule has 0 unspecified atom stereocenters. The number of imidazole rings is 1. The van der Waals surface area contributed by atoms with Gasteiger partial charge in [-0.1, -0.05) is 12.1 Å². The van der Waals surface area contributed by atoms with Crippen molar-refractivity contribution in [3.63, 3.8) is 0 Å². The van der Waals surface area contributed by atoms with Gasteiger partial charge in [0.15, 0.2) is 0 Å². The number of nitrogens with one attached hydrogen (secondary N) is 1. The quantitative estimate of drug-likeness (QED) is 0.850. The molecule has 0 spiro atoms. The number of hydrogen-bond donors (Lipinski definition) is 1. The fourth-order valence-corrected chi connectivity index (χ4v) is 1.86. The lowest BCUT2D eigenvalue weighted by molar-refractivity contribution is 0.341. The Bertz CT molecular complexity index is 493. The lowest BCUT2D eigenvalue weighted by atomic mass is 10.3. The Hall–Kier alpha value is -1.97. The summed E-state index contributed by atoms with van der Waals surface area (Å²) in [4.78, 5) is 4.34. The number of hydrogen-bond acceptors (Lipinski definition) is 3. The molecule has 0 radical (unpaired) electrons. The van der Waals surface area contributed by atoms with Gasteiger partial charge in [0, 0.05) is 18.9 Å². The molecule has 0 saturated carbocycles. The molecule has 2 aromatic rings. The Morgan fingerprint density at radius 2 is 2.11 bits per heavy atom. The lowest BCUT2D eigenvalue weighted by Gasteiger charge is -2.12. The van der Waals surface area contributed by atoms with Gasteiger partial charge in [0.2, 0.25) is 0 Å². The summed E-state index contributed by atoms with van der Waals surface area (Å²) in [5, 5.41) is 3.37. The zero-order chi connectivity index (χ0) is 12.8. The SMILES string of the molecule is CCOc1ccccc1NCc1nccn1CC. The maximum Gasteiger partial charge on any atom is 0.142 e. The summed E-state index contributed by atoms with van der Waals surface area (Å²) in [6.07, 6.45) is 3.82. The van der Waals surface area contributed by atoms with E-state index in [1.807, 2.05) is 43.6 Å². The van der Waals surface area contributed by atoms with Crippen molar-refractivity contribution in [1.29, 1.82) is 0 Å². The molecule has 1 aromatic carbocycles. The first kappa shape index (κ1) is 12.5. The summed E-state index contributed by atoms with van der Waals surface area (Å²) in [6.45, 7) is 6.40. The highest BCUT2D eigenvalue weighted by atomic mass is 16.5. The highest BCUT2D eigenvalue weighted by Gasteiger charge is 2.04. The molecule has 0 aliphatic rings. The second kappa shape index (κ2) is 6.10. The van der Waals surface area contributed by atoms with Crippen LogP contribution in [0.2, 0.25) is 0 Å². The highest BCUT2D eigenvalue weighted by Crippen LogP contribution is 2.24. The summed E-state index contributed by atoms with van der Waals surface area (Å²) in [5.41, 5.74) is 1.00. The summed E-state index contributed by atoms with van der Waals surface area (Å²) in [7, 11) is 0. The van der Waals surface area contributed by atoms with Gasteiger partial charge < -0.3 is 14.6 Å². The third-order valence-electron chi connectivity index (χ3n) is 2.77. The number of para-hydroxylation sites is 2. The molecule has 0 saturated heterocycles. The maximum atomic E-state index is 5.57. The van der Waals surface area contributed by atoms with Crippen molar-refractivity contribution in [2.75, 3.05) is 11.9 Å². The molecule has 4 nitrogen and oxygen atoms in total. The van der Waals surface area contributed by atoms with E-state index in [0.29, 0.717) is 13.2 Å². The fourth-order valence-electron chi connectivity index (χ4n) is 1.86. The molecule has 0 atom stereocenters. The van der Waals surface area contributed by atoms with Crippen LogP contribution in [0.15, 0.2) is 36.7 Å². The molecule has 18 heavy (non-hydrogen) atoms. The number of benzene rings is 1. The van der Waals surface area contributed by atoms with Crippen LogP contribution in [0.1, 0.15) is 19.7 Å². The molecule has 0 fully saturated rings. The van der Waals surface area contributed by atoms with Crippen molar-refractivity contribution < 1.29 is 4.74 Å². The minimum absolute atomic E-state index is 0.669. The Balaban J connectivity index is 2.06. The highest BCUT2D eigenvalue weighted by molar-refractivity contribution is 5.56. The van der Waals surface area contributed by atoms with Crippen LogP contribution in [0.25, 0.3) is 0 Å². The second-order valence-corrected chi connectivity index (χ2v) is 3.91. The molecule has 0 bridgehead atoms. The van der Waals surface area contributed by atoms with E-state index in [1.54, 1.807) is 0 Å². The van der Waals surface area contributed by atoms with Gasteiger partial charge in [-0.2, -0.15) is 0 Å². The van der Waals surface area contributed by atoms with E-state index >= 15 is 0 Å². The third-order valence-corrected chi connectivity index (χ3v) is 2.77. The van der Waals surface area contributed by atoms with Crippen molar-refractivity contribution >= 4 is 5.69 Å². The Labute approximate surface area is 108 Å². The zero-order valence-corrected chi connectivity index (χ0v) is 10.9. The zero-order valence-electron chi connectivity index (χ0n) is 10.9. The summed E-state index contributed by atoms with van der Waals surface area (Å²) in [5.74, 6) is 1.92. The molecule has 4 heteroatoms. The van der Waals surface area contributed by atoms with Gasteiger partial charge in [-0.3, -0.25) is 0 Å². The smallest absolute Gasteiger partial charge is 0.142 e. The van der Waals surface area contributed by atoms with Gasteiger partial charge in [0.25, 0.3) is 0 Å². The van der Waals surface area contributed by atoms with Gasteiger partial charge in [-0.05, 0) is 26.0 Å². The first-order chi connectivity index (χ1) is 8.85. The van der Waals surface area contributed by atoms with Crippen molar-refractivity contribution in [2.45, 2.75) is 26.9 Å². The molecule has 1 aromatic heterocycles. The summed E-state index contributed by atoms with van der Waals surface area (Å²) >= 11 is 0. The van der Waals surface area contributed by atoms with E-state index in [2.05, 4.69) is 21.8 Å². The van der Waals surface area contributed by atoms with Crippen molar-refractivity contribution in [1.82, 2.24) is 9.55 Å². The molecular weight excluding hydrogens is 226 g/mol. The predicted octanol–water partition coefficient (Wildman–Crippen LogP) is 2.91. The molecule has 2 rings (SSSR count). The van der Waals surface area contributed by atoms with Crippen LogP contribution in [0.5, 0.6) is 5.75 Å². The van der Waals surface area contributed by atoms with Gasteiger partial charge in [0.05, 0.1) is 18.8 Å². The monoisotopic (exact) mass is 245 g/mol. The van der Waals surface area contributed by atoms with E-state index in [0.717, 1.165) is 23.8 Å². The van der Waals surface area contributed by atoms with E-state index in [1.165, 1.54) is 0 Å². The minimum atomic E-state index is 0.669. The van der Waals surface area contributed by atoms with E-state index < -0.39 is 0 Å². The van der Waals surface area contributed by atoms with Crippen LogP contribution in [0.3, 0.4) is 0 Å². The van der Waals surface area contributed by atoms with Gasteiger partial charge in [-0.15, -0.1) is 0 Å². The summed E-state index contributed by atoms with van der Waals surface area (Å²) < 4.78 is 7.70. The number of rotatable bonds is 6. The molecule has 0 amide bonds. The molecule has 0 aliphatic carbocycles. The van der Waals surface area contributed by atoms with Gasteiger partial charge >= 0.3 is 0 Å². The van der Waals surface area contributed by atoms with Gasteiger partial charge in [-0.25, -0.2) is 4.98 Å². The number of aromatic nitrogens is 2. The predicted molar refractivity (Wildman–Crippen MR) is 72.8 cm³/mol. The maximum absolute atomic E-state index is 5.57. The van der Waals surface area contributed by atoms with E-state index in [-0.39, 0.29) is 0 Å². The van der Waals surface area contributed by atoms with Crippen molar-refractivity contribution in [3.05, 3.63) is 42.5 Å². The van der Waals surface area contributed by atoms with Crippen LogP contribution >= 0.6 is 0 Å². The van der Waals surface area contributed by atoms with E-state index in [4.69, 9.17) is 4.74 Å². The number of nitrogens with zero attached hydrogens (tertiary/aromatic N) is 2. The third kappa shape index (κ3) is 2.83. The molecule has 1 heterocycles. The molecular formula is C14H19N3O. The first-order valence-electron chi connectivity index (χ1n) is 6.30. The molecule has 0 aliphatic heterocycles. The Kier molecular flexibility index (Phi) is 4.23. The van der Waals surface area contributed by atoms with E-state index in [9.17, 15) is 0 Å². The summed E-state index contributed by atoms with van der Waals surface area (Å²) in [6, 6.07) is 7.96. The van der Waals surface area contributed by atoms with Gasteiger partial charge in [0.1, 0.15) is 11.6 Å². The first-order valence-corrected chi connectivity index (χ1v) is 6.30. The normalized spacial score (nSPS) is 10.3. The van der Waals surface area contributed by atoms with Crippen LogP contribution in [-0.4, -0.2) is 16.2 Å². The largest absolute Gasteiger partial charge is 0.492 e. The van der Waals surface area contributed by atoms with Crippen LogP contribution in [0, 0.1) is 0 Å². The van der Waals surface area contributed by atoms with Crippen LogP contribution < -0.4 is 10.1 Å².